The molecule has 106 valence electrons. The van der Waals surface area contributed by atoms with Crippen LogP contribution in [0.5, 0.6) is 0 Å². The van der Waals surface area contributed by atoms with E-state index in [0.717, 1.165) is 12.8 Å². The van der Waals surface area contributed by atoms with Gasteiger partial charge in [-0.1, -0.05) is 13.8 Å². The molecule has 1 amide bonds. The third-order valence-corrected chi connectivity index (χ3v) is 3.23. The lowest BCUT2D eigenvalue weighted by Crippen LogP contribution is -2.41. The number of rotatable bonds is 6. The van der Waals surface area contributed by atoms with Crippen molar-refractivity contribution in [1.82, 2.24) is 4.90 Å². The number of nitrogens with two attached hydrogens (primary N) is 1. The SMILES string of the molecule is CCC(CC)N(CCO)C(=O)c1ccc(F)c(N)c1. The van der Waals surface area contributed by atoms with E-state index in [1.165, 1.54) is 18.2 Å². The maximum absolute atomic E-state index is 13.1. The van der Waals surface area contributed by atoms with Gasteiger partial charge in [-0.25, -0.2) is 4.39 Å². The van der Waals surface area contributed by atoms with Crippen molar-refractivity contribution in [1.29, 1.82) is 0 Å². The highest BCUT2D eigenvalue weighted by molar-refractivity contribution is 5.95. The standard InChI is InChI=1S/C14H21FN2O2/c1-3-11(4-2)17(7-8-18)14(19)10-5-6-12(15)13(16)9-10/h5-6,9,11,18H,3-4,7-8,16H2,1-2H3. The molecular formula is C14H21FN2O2. The Kier molecular flexibility index (Phi) is 5.76. The van der Waals surface area contributed by atoms with Crippen molar-refractivity contribution in [3.8, 4) is 0 Å². The third kappa shape index (κ3) is 3.67. The molecule has 19 heavy (non-hydrogen) atoms. The predicted molar refractivity (Wildman–Crippen MR) is 73.3 cm³/mol. The number of nitrogen functional groups attached to an aromatic ring is 1. The van der Waals surface area contributed by atoms with E-state index < -0.39 is 5.82 Å². The number of halogens is 1. The van der Waals surface area contributed by atoms with Crippen molar-refractivity contribution < 1.29 is 14.3 Å². The van der Waals surface area contributed by atoms with E-state index in [0.29, 0.717) is 5.56 Å². The molecule has 3 N–H and O–H groups in total. The number of hydrogen-bond acceptors (Lipinski definition) is 3. The zero-order valence-corrected chi connectivity index (χ0v) is 11.4. The minimum absolute atomic E-state index is 0.0423. The molecule has 0 aromatic heterocycles. The smallest absolute Gasteiger partial charge is 0.254 e. The highest BCUT2D eigenvalue weighted by Crippen LogP contribution is 2.17. The summed E-state index contributed by atoms with van der Waals surface area (Å²) in [6.07, 6.45) is 1.61. The molecule has 1 aromatic rings. The van der Waals surface area contributed by atoms with Crippen molar-refractivity contribution in [2.45, 2.75) is 32.7 Å². The lowest BCUT2D eigenvalue weighted by atomic mass is 10.1. The number of hydrogen-bond donors (Lipinski definition) is 2. The van der Waals surface area contributed by atoms with Crippen molar-refractivity contribution in [2.24, 2.45) is 0 Å². The maximum Gasteiger partial charge on any atom is 0.254 e. The summed E-state index contributed by atoms with van der Waals surface area (Å²) in [5.41, 5.74) is 5.78. The van der Waals surface area contributed by atoms with Gasteiger partial charge in [0, 0.05) is 18.2 Å². The average Bonchev–Trinajstić information content (AvgIpc) is 2.41. The Morgan fingerprint density at radius 2 is 2.05 bits per heavy atom. The minimum Gasteiger partial charge on any atom is -0.396 e. The summed E-state index contributed by atoms with van der Waals surface area (Å²) in [6, 6.07) is 4.00. The van der Waals surface area contributed by atoms with Crippen molar-refractivity contribution in [3.05, 3.63) is 29.6 Å². The average molecular weight is 268 g/mol. The first-order valence-corrected chi connectivity index (χ1v) is 6.51. The second-order valence-electron chi connectivity index (χ2n) is 4.43. The second kappa shape index (κ2) is 7.09. The van der Waals surface area contributed by atoms with Gasteiger partial charge >= 0.3 is 0 Å². The minimum atomic E-state index is -0.534. The molecule has 0 heterocycles. The summed E-state index contributed by atoms with van der Waals surface area (Å²) in [6.45, 7) is 4.15. The van der Waals surface area contributed by atoms with Gasteiger partial charge in [0.2, 0.25) is 0 Å². The first kappa shape index (κ1) is 15.4. The van der Waals surface area contributed by atoms with Gasteiger partial charge in [-0.3, -0.25) is 4.79 Å². The van der Waals surface area contributed by atoms with E-state index in [4.69, 9.17) is 10.8 Å². The molecule has 0 fully saturated rings. The molecule has 0 radical (unpaired) electrons. The number of aliphatic hydroxyl groups excluding tert-OH is 1. The van der Waals surface area contributed by atoms with E-state index in [9.17, 15) is 9.18 Å². The summed E-state index contributed by atoms with van der Waals surface area (Å²) < 4.78 is 13.1. The van der Waals surface area contributed by atoms with Crippen LogP contribution in [0.2, 0.25) is 0 Å². The van der Waals surface area contributed by atoms with Crippen molar-refractivity contribution >= 4 is 11.6 Å². The lowest BCUT2D eigenvalue weighted by Gasteiger charge is -2.30. The Balaban J connectivity index is 3.01. The third-order valence-electron chi connectivity index (χ3n) is 3.23. The fourth-order valence-electron chi connectivity index (χ4n) is 2.13. The monoisotopic (exact) mass is 268 g/mol. The molecular weight excluding hydrogens is 247 g/mol. The summed E-state index contributed by atoms with van der Waals surface area (Å²) in [5, 5.41) is 9.09. The molecule has 1 aromatic carbocycles. The van der Waals surface area contributed by atoms with E-state index in [1.807, 2.05) is 13.8 Å². The molecule has 0 atom stereocenters. The Morgan fingerprint density at radius 3 is 2.53 bits per heavy atom. The fourth-order valence-corrected chi connectivity index (χ4v) is 2.13. The molecule has 0 spiro atoms. The molecule has 0 saturated heterocycles. The number of anilines is 1. The van der Waals surface area contributed by atoms with E-state index >= 15 is 0 Å². The van der Waals surface area contributed by atoms with E-state index in [1.54, 1.807) is 4.90 Å². The number of benzene rings is 1. The van der Waals surface area contributed by atoms with Crippen molar-refractivity contribution in [2.75, 3.05) is 18.9 Å². The van der Waals surface area contributed by atoms with Crippen LogP contribution in [-0.2, 0) is 0 Å². The number of aliphatic hydroxyl groups is 1. The van der Waals surface area contributed by atoms with Gasteiger partial charge in [0.05, 0.1) is 12.3 Å². The summed E-state index contributed by atoms with van der Waals surface area (Å²) in [5.74, 6) is -0.762. The van der Waals surface area contributed by atoms with Crippen LogP contribution in [0, 0.1) is 5.82 Å². The lowest BCUT2D eigenvalue weighted by molar-refractivity contribution is 0.0622. The van der Waals surface area contributed by atoms with Crippen LogP contribution >= 0.6 is 0 Å². The normalized spacial score (nSPS) is 10.8. The van der Waals surface area contributed by atoms with Gasteiger partial charge in [-0.2, -0.15) is 0 Å². The highest BCUT2D eigenvalue weighted by Gasteiger charge is 2.22. The Morgan fingerprint density at radius 1 is 1.42 bits per heavy atom. The molecule has 0 saturated carbocycles. The van der Waals surface area contributed by atoms with Gasteiger partial charge in [0.15, 0.2) is 0 Å². The Hall–Kier alpha value is -1.62. The van der Waals surface area contributed by atoms with Crippen LogP contribution in [0.15, 0.2) is 18.2 Å². The number of amides is 1. The molecule has 0 aliphatic carbocycles. The zero-order valence-electron chi connectivity index (χ0n) is 11.4. The van der Waals surface area contributed by atoms with Gasteiger partial charge in [0.1, 0.15) is 5.82 Å². The first-order valence-electron chi connectivity index (χ1n) is 6.51. The zero-order chi connectivity index (χ0) is 14.4. The summed E-state index contributed by atoms with van der Waals surface area (Å²) in [4.78, 5) is 14.0. The van der Waals surface area contributed by atoms with Crippen LogP contribution in [0.4, 0.5) is 10.1 Å². The molecule has 0 aliphatic heterocycles. The van der Waals surface area contributed by atoms with Gasteiger partial charge in [-0.15, -0.1) is 0 Å². The van der Waals surface area contributed by atoms with E-state index in [2.05, 4.69) is 0 Å². The first-order chi connectivity index (χ1) is 9.04. The molecule has 0 bridgehead atoms. The maximum atomic E-state index is 13.1. The fraction of sp³-hybridized carbons (Fsp3) is 0.500. The van der Waals surface area contributed by atoms with Gasteiger partial charge in [-0.05, 0) is 31.0 Å². The Bertz CT molecular complexity index is 433. The van der Waals surface area contributed by atoms with Crippen LogP contribution in [0.25, 0.3) is 0 Å². The number of carbonyl (C=O) groups excluding carboxylic acids is 1. The topological polar surface area (TPSA) is 66.6 Å². The van der Waals surface area contributed by atoms with Crippen LogP contribution < -0.4 is 5.73 Å². The molecule has 4 nitrogen and oxygen atoms in total. The highest BCUT2D eigenvalue weighted by atomic mass is 19.1. The largest absolute Gasteiger partial charge is 0.396 e. The molecule has 0 unspecified atom stereocenters. The van der Waals surface area contributed by atoms with Crippen LogP contribution in [0.1, 0.15) is 37.0 Å². The van der Waals surface area contributed by atoms with Gasteiger partial charge in [0.25, 0.3) is 5.91 Å². The van der Waals surface area contributed by atoms with E-state index in [-0.39, 0.29) is 30.8 Å². The van der Waals surface area contributed by atoms with Crippen LogP contribution in [-0.4, -0.2) is 35.1 Å². The summed E-state index contributed by atoms with van der Waals surface area (Å²) in [7, 11) is 0. The molecule has 0 aliphatic rings. The second-order valence-corrected chi connectivity index (χ2v) is 4.43. The van der Waals surface area contributed by atoms with Gasteiger partial charge < -0.3 is 15.7 Å². The van der Waals surface area contributed by atoms with Crippen molar-refractivity contribution in [3.63, 3.8) is 0 Å². The number of carbonyl (C=O) groups is 1. The predicted octanol–water partition coefficient (Wildman–Crippen LogP) is 2.03. The van der Waals surface area contributed by atoms with Crippen LogP contribution in [0.3, 0.4) is 0 Å². The Labute approximate surface area is 113 Å². The quantitative estimate of drug-likeness (QED) is 0.776. The molecule has 5 heteroatoms. The molecule has 1 rings (SSSR count). The summed E-state index contributed by atoms with van der Waals surface area (Å²) >= 11 is 0. The number of nitrogens with zero attached hydrogens (tertiary/aromatic N) is 1.